The van der Waals surface area contributed by atoms with Gasteiger partial charge in [0.1, 0.15) is 5.82 Å². The van der Waals surface area contributed by atoms with Crippen molar-refractivity contribution in [1.29, 1.82) is 0 Å². The van der Waals surface area contributed by atoms with E-state index in [2.05, 4.69) is 4.98 Å². The summed E-state index contributed by atoms with van der Waals surface area (Å²) >= 11 is 1.27. The van der Waals surface area contributed by atoms with Crippen molar-refractivity contribution in [3.63, 3.8) is 0 Å². The van der Waals surface area contributed by atoms with Crippen molar-refractivity contribution in [2.75, 3.05) is 5.73 Å². The molecule has 2 rings (SSSR count). The van der Waals surface area contributed by atoms with Gasteiger partial charge in [-0.25, -0.2) is 4.98 Å². The van der Waals surface area contributed by atoms with Gasteiger partial charge in [0, 0.05) is 10.6 Å². The molecule has 2 aromatic rings. The Morgan fingerprint density at radius 3 is 2.75 bits per heavy atom. The van der Waals surface area contributed by atoms with Gasteiger partial charge < -0.3 is 5.73 Å². The molecule has 0 bridgehead atoms. The number of aromatic nitrogens is 2. The Labute approximate surface area is 97.4 Å². The molecule has 84 valence electrons. The third kappa shape index (κ3) is 1.99. The standard InChI is InChI=1S/C11H13N3OS/c1-7-8(2)16-11(15)14(7)6-9-4-3-5-10(12)13-9/h3-5H,6H2,1-2H3,(H2,12,13). The molecule has 0 atom stereocenters. The number of anilines is 1. The molecule has 0 aliphatic carbocycles. The van der Waals surface area contributed by atoms with Crippen molar-refractivity contribution >= 4 is 17.2 Å². The molecule has 2 aromatic heterocycles. The molecule has 0 amide bonds. The van der Waals surface area contributed by atoms with Crippen LogP contribution in [0.5, 0.6) is 0 Å². The van der Waals surface area contributed by atoms with Crippen LogP contribution in [0.25, 0.3) is 0 Å². The molecule has 0 spiro atoms. The zero-order chi connectivity index (χ0) is 11.7. The average molecular weight is 235 g/mol. The third-order valence-corrected chi connectivity index (χ3v) is 3.52. The van der Waals surface area contributed by atoms with Gasteiger partial charge in [-0.3, -0.25) is 9.36 Å². The van der Waals surface area contributed by atoms with E-state index in [1.54, 1.807) is 10.6 Å². The summed E-state index contributed by atoms with van der Waals surface area (Å²) in [6, 6.07) is 5.45. The predicted octanol–water partition coefficient (Wildman–Crippen LogP) is 1.55. The molecule has 2 N–H and O–H groups in total. The fourth-order valence-corrected chi connectivity index (χ4v) is 2.35. The lowest BCUT2D eigenvalue weighted by Crippen LogP contribution is -2.16. The number of pyridine rings is 1. The maximum atomic E-state index is 11.7. The Balaban J connectivity index is 2.38. The summed E-state index contributed by atoms with van der Waals surface area (Å²) in [5.74, 6) is 0.482. The van der Waals surface area contributed by atoms with Crippen LogP contribution >= 0.6 is 11.3 Å². The van der Waals surface area contributed by atoms with Crippen molar-refractivity contribution < 1.29 is 0 Å². The normalized spacial score (nSPS) is 10.6. The van der Waals surface area contributed by atoms with Gasteiger partial charge in [-0.05, 0) is 26.0 Å². The second-order valence-electron chi connectivity index (χ2n) is 3.65. The van der Waals surface area contributed by atoms with E-state index in [0.717, 1.165) is 16.3 Å². The molecule has 16 heavy (non-hydrogen) atoms. The van der Waals surface area contributed by atoms with Gasteiger partial charge in [0.2, 0.25) is 0 Å². The summed E-state index contributed by atoms with van der Waals surface area (Å²) in [5, 5.41) is 0. The van der Waals surface area contributed by atoms with Crippen LogP contribution in [0.4, 0.5) is 5.82 Å². The first-order chi connectivity index (χ1) is 7.58. The summed E-state index contributed by atoms with van der Waals surface area (Å²) in [7, 11) is 0. The quantitative estimate of drug-likeness (QED) is 0.859. The molecule has 0 fully saturated rings. The van der Waals surface area contributed by atoms with Crippen LogP contribution in [-0.4, -0.2) is 9.55 Å². The van der Waals surface area contributed by atoms with Crippen LogP contribution < -0.4 is 10.6 Å². The second-order valence-corrected chi connectivity index (χ2v) is 4.82. The summed E-state index contributed by atoms with van der Waals surface area (Å²) in [6.45, 7) is 4.38. The van der Waals surface area contributed by atoms with Crippen LogP contribution in [-0.2, 0) is 6.54 Å². The number of hydrogen-bond donors (Lipinski definition) is 1. The van der Waals surface area contributed by atoms with E-state index in [1.165, 1.54) is 11.3 Å². The topological polar surface area (TPSA) is 60.9 Å². The van der Waals surface area contributed by atoms with Crippen molar-refractivity contribution in [1.82, 2.24) is 9.55 Å². The zero-order valence-corrected chi connectivity index (χ0v) is 10.0. The molecule has 0 aromatic carbocycles. The molecule has 0 unspecified atom stereocenters. The minimum atomic E-state index is 0.0548. The van der Waals surface area contributed by atoms with Crippen LogP contribution in [0.15, 0.2) is 23.0 Å². The van der Waals surface area contributed by atoms with Crippen molar-refractivity contribution in [2.24, 2.45) is 0 Å². The Hall–Kier alpha value is -1.62. The maximum absolute atomic E-state index is 11.7. The van der Waals surface area contributed by atoms with E-state index in [-0.39, 0.29) is 4.87 Å². The highest BCUT2D eigenvalue weighted by molar-refractivity contribution is 7.09. The highest BCUT2D eigenvalue weighted by atomic mass is 32.1. The lowest BCUT2D eigenvalue weighted by Gasteiger charge is -2.04. The van der Waals surface area contributed by atoms with E-state index in [1.807, 2.05) is 26.0 Å². The largest absolute Gasteiger partial charge is 0.384 e. The Bertz CT molecular complexity index is 571. The maximum Gasteiger partial charge on any atom is 0.307 e. The molecule has 0 aliphatic heterocycles. The van der Waals surface area contributed by atoms with Gasteiger partial charge in [-0.1, -0.05) is 17.4 Å². The van der Waals surface area contributed by atoms with Gasteiger partial charge in [0.25, 0.3) is 0 Å². The van der Waals surface area contributed by atoms with Crippen LogP contribution in [0.2, 0.25) is 0 Å². The first-order valence-corrected chi connectivity index (χ1v) is 5.78. The smallest absolute Gasteiger partial charge is 0.307 e. The SMILES string of the molecule is Cc1sc(=O)n(Cc2cccc(N)n2)c1C. The van der Waals surface area contributed by atoms with Gasteiger partial charge in [0.05, 0.1) is 12.2 Å². The highest BCUT2D eigenvalue weighted by Crippen LogP contribution is 2.11. The molecule has 5 heteroatoms. The van der Waals surface area contributed by atoms with Crippen LogP contribution in [0.1, 0.15) is 16.3 Å². The molecular formula is C11H13N3OS. The van der Waals surface area contributed by atoms with Crippen LogP contribution in [0, 0.1) is 13.8 Å². The van der Waals surface area contributed by atoms with Gasteiger partial charge in [-0.15, -0.1) is 0 Å². The Morgan fingerprint density at radius 2 is 2.19 bits per heavy atom. The van der Waals surface area contributed by atoms with Gasteiger partial charge >= 0.3 is 4.87 Å². The molecule has 0 saturated carbocycles. The minimum Gasteiger partial charge on any atom is -0.384 e. The summed E-state index contributed by atoms with van der Waals surface area (Å²) in [4.78, 5) is 17.0. The first-order valence-electron chi connectivity index (χ1n) is 4.96. The number of thiazole rings is 1. The second kappa shape index (κ2) is 4.09. The number of hydrogen-bond acceptors (Lipinski definition) is 4. The number of aryl methyl sites for hydroxylation is 1. The van der Waals surface area contributed by atoms with Crippen LogP contribution in [0.3, 0.4) is 0 Å². The minimum absolute atomic E-state index is 0.0548. The summed E-state index contributed by atoms with van der Waals surface area (Å²) < 4.78 is 1.72. The lowest BCUT2D eigenvalue weighted by atomic mass is 10.3. The molecule has 0 radical (unpaired) electrons. The van der Waals surface area contributed by atoms with E-state index >= 15 is 0 Å². The number of nitrogen functional groups attached to an aromatic ring is 1. The number of nitrogens with zero attached hydrogens (tertiary/aromatic N) is 2. The zero-order valence-electron chi connectivity index (χ0n) is 9.23. The fraction of sp³-hybridized carbons (Fsp3) is 0.273. The number of rotatable bonds is 2. The first kappa shape index (κ1) is 10.9. The highest BCUT2D eigenvalue weighted by Gasteiger charge is 2.08. The van der Waals surface area contributed by atoms with E-state index in [4.69, 9.17) is 5.73 Å². The predicted molar refractivity (Wildman–Crippen MR) is 65.8 cm³/mol. The molecular weight excluding hydrogens is 222 g/mol. The fourth-order valence-electron chi connectivity index (χ4n) is 1.52. The van der Waals surface area contributed by atoms with Crippen molar-refractivity contribution in [3.05, 3.63) is 44.1 Å². The van der Waals surface area contributed by atoms with Crippen molar-refractivity contribution in [2.45, 2.75) is 20.4 Å². The van der Waals surface area contributed by atoms with Crippen molar-refractivity contribution in [3.8, 4) is 0 Å². The summed E-state index contributed by atoms with van der Waals surface area (Å²) in [5.41, 5.74) is 7.41. The Kier molecular flexibility index (Phi) is 2.78. The van der Waals surface area contributed by atoms with E-state index < -0.39 is 0 Å². The summed E-state index contributed by atoms with van der Waals surface area (Å²) in [6.07, 6.45) is 0. The lowest BCUT2D eigenvalue weighted by molar-refractivity contribution is 0.733. The average Bonchev–Trinajstić information content (AvgIpc) is 2.45. The van der Waals surface area contributed by atoms with E-state index in [0.29, 0.717) is 12.4 Å². The molecule has 0 aliphatic rings. The van der Waals surface area contributed by atoms with Gasteiger partial charge in [0.15, 0.2) is 0 Å². The molecule has 2 heterocycles. The van der Waals surface area contributed by atoms with Gasteiger partial charge in [-0.2, -0.15) is 0 Å². The molecule has 0 saturated heterocycles. The monoisotopic (exact) mass is 235 g/mol. The Morgan fingerprint density at radius 1 is 1.44 bits per heavy atom. The third-order valence-electron chi connectivity index (χ3n) is 2.52. The van der Waals surface area contributed by atoms with E-state index in [9.17, 15) is 4.79 Å². The number of nitrogens with two attached hydrogens (primary N) is 1. The molecule has 4 nitrogen and oxygen atoms in total.